The predicted molar refractivity (Wildman–Crippen MR) is 65.5 cm³/mol. The second kappa shape index (κ2) is 6.17. The van der Waals surface area contributed by atoms with Gasteiger partial charge in [-0.15, -0.1) is 0 Å². The average molecular weight is 267 g/mol. The second-order valence-electron chi connectivity index (χ2n) is 3.61. The van der Waals surface area contributed by atoms with E-state index in [1.165, 1.54) is 12.1 Å². The molecule has 0 saturated carbocycles. The normalized spacial score (nSPS) is 10.7. The maximum absolute atomic E-state index is 11.4. The highest BCUT2D eigenvalue weighted by atomic mass is 32.2. The van der Waals surface area contributed by atoms with E-state index in [0.717, 1.165) is 0 Å². The molecule has 0 spiro atoms. The van der Waals surface area contributed by atoms with Crippen LogP contribution in [-0.4, -0.2) is 26.7 Å². The molecule has 18 heavy (non-hydrogen) atoms. The molecule has 0 amide bonds. The number of ether oxygens (including phenoxy) is 1. The summed E-state index contributed by atoms with van der Waals surface area (Å²) in [5.74, 6) is -1.15. The van der Waals surface area contributed by atoms with Crippen molar-refractivity contribution < 1.29 is 17.9 Å². The van der Waals surface area contributed by atoms with Crippen LogP contribution in [0.4, 0.5) is 0 Å². The highest BCUT2D eigenvalue weighted by molar-refractivity contribution is 7.90. The molecule has 0 fully saturated rings. The molecular weight excluding hydrogens is 254 g/mol. The average Bonchev–Trinajstić information content (AvgIpc) is 2.29. The van der Waals surface area contributed by atoms with Crippen molar-refractivity contribution in [3.8, 4) is 6.07 Å². The molecule has 0 unspecified atom stereocenters. The second-order valence-corrected chi connectivity index (χ2v) is 5.67. The Kier molecular flexibility index (Phi) is 4.86. The van der Waals surface area contributed by atoms with E-state index in [1.54, 1.807) is 25.1 Å². The van der Waals surface area contributed by atoms with Crippen LogP contribution in [0.15, 0.2) is 24.3 Å². The molecule has 0 bridgehead atoms. The fraction of sp³-hybridized carbons (Fsp3) is 0.333. The Hall–Kier alpha value is -1.87. The van der Waals surface area contributed by atoms with E-state index in [2.05, 4.69) is 0 Å². The van der Waals surface area contributed by atoms with Gasteiger partial charge in [0.1, 0.15) is 5.75 Å². The van der Waals surface area contributed by atoms with Crippen molar-refractivity contribution in [2.45, 2.75) is 12.7 Å². The molecule has 1 aromatic carbocycles. The first-order valence-corrected chi connectivity index (χ1v) is 7.14. The lowest BCUT2D eigenvalue weighted by Gasteiger charge is -2.03. The Balaban J connectivity index is 2.78. The third-order valence-electron chi connectivity index (χ3n) is 2.14. The molecule has 0 saturated heterocycles. The summed E-state index contributed by atoms with van der Waals surface area (Å²) in [6.45, 7) is 2.00. The molecule has 0 aliphatic heterocycles. The lowest BCUT2D eigenvalue weighted by Crippen LogP contribution is -2.08. The van der Waals surface area contributed by atoms with Crippen molar-refractivity contribution in [3.05, 3.63) is 35.4 Å². The third kappa shape index (κ3) is 4.18. The highest BCUT2D eigenvalue weighted by Gasteiger charge is 2.12. The number of carbonyl (C=O) groups is 1. The van der Waals surface area contributed by atoms with Gasteiger partial charge < -0.3 is 4.74 Å². The summed E-state index contributed by atoms with van der Waals surface area (Å²) in [6, 6.07) is 7.72. The summed E-state index contributed by atoms with van der Waals surface area (Å²) >= 11 is 0. The van der Waals surface area contributed by atoms with Crippen LogP contribution in [0.2, 0.25) is 0 Å². The van der Waals surface area contributed by atoms with Crippen molar-refractivity contribution in [2.24, 2.45) is 0 Å². The fourth-order valence-corrected chi connectivity index (χ4v) is 2.35. The molecule has 0 aromatic heterocycles. The van der Waals surface area contributed by atoms with Gasteiger partial charge in [0.2, 0.25) is 0 Å². The number of hydrogen-bond acceptors (Lipinski definition) is 5. The van der Waals surface area contributed by atoms with E-state index in [0.29, 0.717) is 11.1 Å². The molecule has 0 radical (unpaired) electrons. The zero-order chi connectivity index (χ0) is 13.6. The van der Waals surface area contributed by atoms with Crippen molar-refractivity contribution >= 4 is 15.8 Å². The minimum Gasteiger partial charge on any atom is -0.462 e. The van der Waals surface area contributed by atoms with Gasteiger partial charge in [0.05, 0.1) is 24.0 Å². The minimum atomic E-state index is -3.41. The molecule has 1 rings (SSSR count). The van der Waals surface area contributed by atoms with Gasteiger partial charge in [0, 0.05) is 0 Å². The van der Waals surface area contributed by atoms with Crippen molar-refractivity contribution in [3.63, 3.8) is 0 Å². The van der Waals surface area contributed by atoms with Crippen LogP contribution >= 0.6 is 0 Å². The minimum absolute atomic E-state index is 0.205. The number of hydrogen-bond donors (Lipinski definition) is 0. The van der Waals surface area contributed by atoms with Gasteiger partial charge in [-0.2, -0.15) is 5.26 Å². The van der Waals surface area contributed by atoms with Crippen LogP contribution in [0.3, 0.4) is 0 Å². The van der Waals surface area contributed by atoms with Crippen LogP contribution < -0.4 is 0 Å². The quantitative estimate of drug-likeness (QED) is 0.751. The van der Waals surface area contributed by atoms with Crippen molar-refractivity contribution in [1.29, 1.82) is 5.26 Å². The molecule has 96 valence electrons. The summed E-state index contributed by atoms with van der Waals surface area (Å²) in [4.78, 5) is 11.4. The third-order valence-corrected chi connectivity index (χ3v) is 3.48. The standard InChI is InChI=1S/C12H13NO4S/c1-2-17-12(14)11-5-3-10(4-6-11)9-18(15,16)8-7-13/h3-6H,2,8-9H2,1H3. The first kappa shape index (κ1) is 14.2. The monoisotopic (exact) mass is 267 g/mol. The molecule has 5 nitrogen and oxygen atoms in total. The topological polar surface area (TPSA) is 84.2 Å². The van der Waals surface area contributed by atoms with E-state index in [-0.39, 0.29) is 12.4 Å². The van der Waals surface area contributed by atoms with Gasteiger partial charge in [-0.05, 0) is 24.6 Å². The van der Waals surface area contributed by atoms with Gasteiger partial charge in [-0.3, -0.25) is 0 Å². The summed E-state index contributed by atoms with van der Waals surface area (Å²) in [5, 5.41) is 8.37. The molecule has 1 aromatic rings. The van der Waals surface area contributed by atoms with Crippen molar-refractivity contribution in [1.82, 2.24) is 0 Å². The van der Waals surface area contributed by atoms with Gasteiger partial charge >= 0.3 is 5.97 Å². The van der Waals surface area contributed by atoms with Crippen molar-refractivity contribution in [2.75, 3.05) is 12.4 Å². The summed E-state index contributed by atoms with van der Waals surface area (Å²) < 4.78 is 27.6. The Morgan fingerprint density at radius 1 is 1.33 bits per heavy atom. The molecule has 0 N–H and O–H groups in total. The van der Waals surface area contributed by atoms with Crippen LogP contribution in [0.25, 0.3) is 0 Å². The van der Waals surface area contributed by atoms with E-state index in [4.69, 9.17) is 10.00 Å². The lowest BCUT2D eigenvalue weighted by molar-refractivity contribution is 0.0526. The smallest absolute Gasteiger partial charge is 0.338 e. The van der Waals surface area contributed by atoms with Gasteiger partial charge in [-0.25, -0.2) is 13.2 Å². The number of rotatable bonds is 5. The summed E-state index contributed by atoms with van der Waals surface area (Å²) in [5.41, 5.74) is 0.913. The Bertz CT molecular complexity index is 555. The SMILES string of the molecule is CCOC(=O)c1ccc(CS(=O)(=O)CC#N)cc1. The number of nitriles is 1. The van der Waals surface area contributed by atoms with Gasteiger partial charge in [-0.1, -0.05) is 12.1 Å². The van der Waals surface area contributed by atoms with Gasteiger partial charge in [0.15, 0.2) is 9.84 Å². The number of benzene rings is 1. The number of nitrogens with zero attached hydrogens (tertiary/aromatic N) is 1. The Morgan fingerprint density at radius 3 is 2.44 bits per heavy atom. The molecule has 0 aliphatic carbocycles. The zero-order valence-corrected chi connectivity index (χ0v) is 10.7. The van der Waals surface area contributed by atoms with Crippen LogP contribution in [0.5, 0.6) is 0 Å². The Morgan fingerprint density at radius 2 is 1.94 bits per heavy atom. The maximum Gasteiger partial charge on any atom is 0.338 e. The van der Waals surface area contributed by atoms with E-state index < -0.39 is 21.6 Å². The molecular formula is C12H13NO4S. The van der Waals surface area contributed by atoms with Crippen LogP contribution in [0, 0.1) is 11.3 Å². The number of esters is 1. The Labute approximate surface area is 106 Å². The largest absolute Gasteiger partial charge is 0.462 e. The first-order valence-electron chi connectivity index (χ1n) is 5.32. The van der Waals surface area contributed by atoms with E-state index >= 15 is 0 Å². The van der Waals surface area contributed by atoms with Gasteiger partial charge in [0.25, 0.3) is 0 Å². The molecule has 0 aliphatic rings. The number of carbonyl (C=O) groups excluding carboxylic acids is 1. The van der Waals surface area contributed by atoms with E-state index in [9.17, 15) is 13.2 Å². The van der Waals surface area contributed by atoms with Crippen LogP contribution in [0.1, 0.15) is 22.8 Å². The predicted octanol–water partition coefficient (Wildman–Crippen LogP) is 1.30. The maximum atomic E-state index is 11.4. The molecule has 6 heteroatoms. The zero-order valence-electron chi connectivity index (χ0n) is 9.92. The summed E-state index contributed by atoms with van der Waals surface area (Å²) in [6.07, 6.45) is 0. The fourth-order valence-electron chi connectivity index (χ4n) is 1.35. The molecule has 0 heterocycles. The van der Waals surface area contributed by atoms with E-state index in [1.807, 2.05) is 0 Å². The highest BCUT2D eigenvalue weighted by Crippen LogP contribution is 2.10. The lowest BCUT2D eigenvalue weighted by atomic mass is 10.1. The first-order chi connectivity index (χ1) is 8.48. The number of sulfone groups is 1. The summed E-state index contributed by atoms with van der Waals surface area (Å²) in [7, 11) is -3.41. The van der Waals surface area contributed by atoms with Crippen LogP contribution in [-0.2, 0) is 20.3 Å². The molecule has 0 atom stereocenters.